The lowest BCUT2D eigenvalue weighted by molar-refractivity contribution is -0.384. The lowest BCUT2D eigenvalue weighted by atomic mass is 10.2. The zero-order valence-electron chi connectivity index (χ0n) is 19.2. The van der Waals surface area contributed by atoms with Crippen molar-refractivity contribution in [3.05, 3.63) is 46.5 Å². The molecule has 2 heterocycles. The van der Waals surface area contributed by atoms with E-state index < -0.39 is 10.0 Å². The molecule has 0 spiro atoms. The van der Waals surface area contributed by atoms with E-state index in [-0.39, 0.29) is 15.5 Å². The number of hydrogen-bond donors (Lipinski definition) is 0. The second-order valence-corrected chi connectivity index (χ2v) is 9.88. The average molecular weight is 493 g/mol. The van der Waals surface area contributed by atoms with Gasteiger partial charge in [-0.05, 0) is 24.3 Å². The summed E-state index contributed by atoms with van der Waals surface area (Å²) in [6.45, 7) is 3.73. The molecule has 0 aliphatic carbocycles. The van der Waals surface area contributed by atoms with Gasteiger partial charge < -0.3 is 24.0 Å². The van der Waals surface area contributed by atoms with Crippen LogP contribution in [0.25, 0.3) is 0 Å². The van der Waals surface area contributed by atoms with Crippen molar-refractivity contribution in [1.82, 2.24) is 4.31 Å². The number of rotatable bonds is 7. The number of methoxy groups -OCH3 is 2. The maximum Gasteiger partial charge on any atom is 0.292 e. The van der Waals surface area contributed by atoms with Gasteiger partial charge in [0, 0.05) is 57.1 Å². The molecule has 0 radical (unpaired) electrons. The number of morpholine rings is 1. The molecule has 0 atom stereocenters. The Hall–Kier alpha value is -3.09. The van der Waals surface area contributed by atoms with Crippen molar-refractivity contribution in [1.29, 1.82) is 0 Å². The summed E-state index contributed by atoms with van der Waals surface area (Å²) >= 11 is 0. The molecule has 2 aliphatic rings. The van der Waals surface area contributed by atoms with Crippen LogP contribution in [0.1, 0.15) is 0 Å². The van der Waals surface area contributed by atoms with Crippen molar-refractivity contribution in [2.24, 2.45) is 0 Å². The van der Waals surface area contributed by atoms with Gasteiger partial charge in [-0.2, -0.15) is 4.31 Å². The van der Waals surface area contributed by atoms with Gasteiger partial charge in [-0.25, -0.2) is 8.42 Å². The SMILES string of the molecule is COc1ccc(S(=O)(=O)N2CCN(c3ccc([N+](=O)[O-])c(N4CCOCC4)c3)CC2)cc1OC. The van der Waals surface area contributed by atoms with Crippen molar-refractivity contribution < 1.29 is 27.6 Å². The van der Waals surface area contributed by atoms with Crippen LogP contribution in [0.5, 0.6) is 11.5 Å². The minimum atomic E-state index is -3.71. The molecule has 0 bridgehead atoms. The molecule has 0 aromatic heterocycles. The molecule has 4 rings (SSSR count). The Morgan fingerprint density at radius 1 is 0.882 bits per heavy atom. The van der Waals surface area contributed by atoms with E-state index in [1.165, 1.54) is 36.7 Å². The molecule has 0 amide bonds. The molecule has 0 saturated carbocycles. The summed E-state index contributed by atoms with van der Waals surface area (Å²) in [7, 11) is -0.754. The van der Waals surface area contributed by atoms with Gasteiger partial charge in [0.15, 0.2) is 11.5 Å². The fraction of sp³-hybridized carbons (Fsp3) is 0.455. The van der Waals surface area contributed by atoms with Gasteiger partial charge in [0.05, 0.1) is 37.3 Å². The quantitative estimate of drug-likeness (QED) is 0.423. The smallest absolute Gasteiger partial charge is 0.292 e. The van der Waals surface area contributed by atoms with Gasteiger partial charge in [0.1, 0.15) is 5.69 Å². The molecule has 0 N–H and O–H groups in total. The molecule has 2 aromatic rings. The number of nitrogens with zero attached hydrogens (tertiary/aromatic N) is 4. The number of anilines is 2. The molecule has 11 nitrogen and oxygen atoms in total. The van der Waals surface area contributed by atoms with Crippen LogP contribution in [0.2, 0.25) is 0 Å². The van der Waals surface area contributed by atoms with E-state index in [4.69, 9.17) is 14.2 Å². The first-order chi connectivity index (χ1) is 16.3. The Labute approximate surface area is 198 Å². The summed E-state index contributed by atoms with van der Waals surface area (Å²) in [5, 5.41) is 11.6. The van der Waals surface area contributed by atoms with Crippen LogP contribution >= 0.6 is 0 Å². The first-order valence-electron chi connectivity index (χ1n) is 10.9. The van der Waals surface area contributed by atoms with Crippen molar-refractivity contribution in [2.75, 3.05) is 76.5 Å². The Kier molecular flexibility index (Phi) is 7.10. The van der Waals surface area contributed by atoms with E-state index in [0.717, 1.165) is 5.69 Å². The summed E-state index contributed by atoms with van der Waals surface area (Å²) in [6, 6.07) is 9.61. The van der Waals surface area contributed by atoms with Crippen molar-refractivity contribution in [2.45, 2.75) is 4.90 Å². The molecule has 0 unspecified atom stereocenters. The standard InChI is InChI=1S/C22H28N4O7S/c1-31-21-6-4-18(16-22(21)32-2)34(29,30)25-9-7-23(8-10-25)17-3-5-19(26(27)28)20(15-17)24-11-13-33-14-12-24/h3-6,15-16H,7-14H2,1-2H3. The number of nitro benzene ring substituents is 1. The summed E-state index contributed by atoms with van der Waals surface area (Å²) < 4.78 is 43.7. The van der Waals surface area contributed by atoms with E-state index in [0.29, 0.717) is 69.7 Å². The molecule has 2 aliphatic heterocycles. The van der Waals surface area contributed by atoms with Crippen molar-refractivity contribution in [3.8, 4) is 11.5 Å². The van der Waals surface area contributed by atoms with E-state index in [1.807, 2.05) is 15.9 Å². The van der Waals surface area contributed by atoms with Crippen LogP contribution in [-0.2, 0) is 14.8 Å². The monoisotopic (exact) mass is 492 g/mol. The minimum absolute atomic E-state index is 0.0558. The van der Waals surface area contributed by atoms with E-state index >= 15 is 0 Å². The maximum absolute atomic E-state index is 13.2. The first kappa shape index (κ1) is 24.0. The predicted molar refractivity (Wildman–Crippen MR) is 127 cm³/mol. The second kappa shape index (κ2) is 10.0. The summed E-state index contributed by atoms with van der Waals surface area (Å²) in [4.78, 5) is 15.4. The average Bonchev–Trinajstić information content (AvgIpc) is 2.88. The van der Waals surface area contributed by atoms with E-state index in [1.54, 1.807) is 12.1 Å². The predicted octanol–water partition coefficient (Wildman–Crippen LogP) is 1.96. The normalized spacial score (nSPS) is 17.5. The fourth-order valence-corrected chi connectivity index (χ4v) is 5.67. The van der Waals surface area contributed by atoms with Crippen LogP contribution in [-0.4, -0.2) is 84.3 Å². The minimum Gasteiger partial charge on any atom is -0.493 e. The molecular weight excluding hydrogens is 464 g/mol. The van der Waals surface area contributed by atoms with Crippen LogP contribution < -0.4 is 19.3 Å². The first-order valence-corrected chi connectivity index (χ1v) is 12.4. The Morgan fingerprint density at radius 3 is 2.18 bits per heavy atom. The number of piperazine rings is 1. The molecular formula is C22H28N4O7S. The molecule has 12 heteroatoms. The molecule has 184 valence electrons. The molecule has 2 fully saturated rings. The van der Waals surface area contributed by atoms with Gasteiger partial charge in [-0.1, -0.05) is 0 Å². The van der Waals surface area contributed by atoms with Crippen molar-refractivity contribution in [3.63, 3.8) is 0 Å². The zero-order chi connectivity index (χ0) is 24.3. The van der Waals surface area contributed by atoms with Crippen LogP contribution in [0.4, 0.5) is 17.1 Å². The summed E-state index contributed by atoms with van der Waals surface area (Å²) in [6.07, 6.45) is 0. The van der Waals surface area contributed by atoms with Gasteiger partial charge in [-0.3, -0.25) is 10.1 Å². The van der Waals surface area contributed by atoms with Crippen LogP contribution in [0.3, 0.4) is 0 Å². The highest BCUT2D eigenvalue weighted by atomic mass is 32.2. The van der Waals surface area contributed by atoms with Crippen molar-refractivity contribution >= 4 is 27.1 Å². The third kappa shape index (κ3) is 4.74. The third-order valence-corrected chi connectivity index (χ3v) is 8.00. The van der Waals surface area contributed by atoms with Gasteiger partial charge in [0.2, 0.25) is 10.0 Å². The number of benzene rings is 2. The number of hydrogen-bond acceptors (Lipinski definition) is 9. The number of nitro groups is 1. The lowest BCUT2D eigenvalue weighted by Gasteiger charge is -2.36. The topological polar surface area (TPSA) is 115 Å². The molecule has 34 heavy (non-hydrogen) atoms. The lowest BCUT2D eigenvalue weighted by Crippen LogP contribution is -2.48. The highest BCUT2D eigenvalue weighted by Gasteiger charge is 2.30. The van der Waals surface area contributed by atoms with Gasteiger partial charge >= 0.3 is 0 Å². The van der Waals surface area contributed by atoms with Gasteiger partial charge in [0.25, 0.3) is 5.69 Å². The fourth-order valence-electron chi connectivity index (χ4n) is 4.23. The van der Waals surface area contributed by atoms with E-state index in [9.17, 15) is 18.5 Å². The third-order valence-electron chi connectivity index (χ3n) is 6.10. The Morgan fingerprint density at radius 2 is 1.56 bits per heavy atom. The summed E-state index contributed by atoms with van der Waals surface area (Å²) in [5.41, 5.74) is 1.45. The highest BCUT2D eigenvalue weighted by Crippen LogP contribution is 2.34. The Balaban J connectivity index is 1.51. The Bertz CT molecular complexity index is 1140. The molecule has 2 saturated heterocycles. The van der Waals surface area contributed by atoms with Crippen LogP contribution in [0, 0.1) is 10.1 Å². The number of sulfonamides is 1. The number of ether oxygens (including phenoxy) is 3. The van der Waals surface area contributed by atoms with Gasteiger partial charge in [-0.15, -0.1) is 0 Å². The zero-order valence-corrected chi connectivity index (χ0v) is 20.0. The highest BCUT2D eigenvalue weighted by molar-refractivity contribution is 7.89. The van der Waals surface area contributed by atoms with E-state index in [2.05, 4.69) is 0 Å². The van der Waals surface area contributed by atoms with Crippen LogP contribution in [0.15, 0.2) is 41.3 Å². The summed E-state index contributed by atoms with van der Waals surface area (Å²) in [5.74, 6) is 0.809. The maximum atomic E-state index is 13.2. The largest absolute Gasteiger partial charge is 0.493 e. The second-order valence-electron chi connectivity index (χ2n) is 7.94. The molecule has 2 aromatic carbocycles.